The largest absolute Gasteiger partial charge is 0.417 e. The molecular weight excluding hydrogens is 1280 g/mol. The Morgan fingerprint density at radius 2 is 0.610 bits per heavy atom. The van der Waals surface area contributed by atoms with Crippen molar-refractivity contribution >= 4 is 65.4 Å². The Kier molecular flexibility index (Phi) is 14.4. The van der Waals surface area contributed by atoms with Crippen LogP contribution in [-0.4, -0.2) is 28.7 Å². The number of aromatic nitrogens is 6. The fourth-order valence-corrected chi connectivity index (χ4v) is 14.4. The van der Waals surface area contributed by atoms with Gasteiger partial charge in [0, 0.05) is 71.5 Å². The predicted molar refractivity (Wildman–Crippen MR) is 381 cm³/mol. The van der Waals surface area contributed by atoms with E-state index in [4.69, 9.17) is 15.0 Å². The lowest BCUT2D eigenvalue weighted by Crippen LogP contribution is -2.12. The van der Waals surface area contributed by atoms with Gasteiger partial charge in [0.25, 0.3) is 0 Å². The zero-order valence-electron chi connectivity index (χ0n) is 52.8. The molecule has 13 aromatic carbocycles. The molecule has 0 aliphatic heterocycles. The van der Waals surface area contributed by atoms with E-state index in [1.165, 1.54) is 12.1 Å². The second-order valence-corrected chi connectivity index (χ2v) is 24.9. The van der Waals surface area contributed by atoms with Crippen molar-refractivity contribution in [3.63, 3.8) is 0 Å². The number of hydrogen-bond acceptors (Lipinski definition) is 3. The lowest BCUT2D eigenvalue weighted by Gasteiger charge is -2.22. The van der Waals surface area contributed by atoms with Crippen LogP contribution >= 0.6 is 0 Å². The standard InChI is InChI=1S/C85H51F9N6/c1-50-42-58(83(86,87)88)36-38-62(50)55-34-40-77-70(45-55)71-46-56(63-39-37-59(84(89,90)91)49-72(63)85(92,93)94)35-41-78(71)100(77)79-68(53-22-16-24-60(43-53)98-73-30-12-8-26-64(73)65-27-9-13-31-74(65)98)47-57(82-96-80(51-18-4-2-5-19-51)95-81(97-82)52-20-6-3-7-21-52)48-69(79)54-23-17-25-61(44-54)99-75-32-14-10-28-66(75)67-29-11-15-33-76(67)99/h2-49H,1H3. The van der Waals surface area contributed by atoms with Crippen molar-refractivity contribution in [1.29, 1.82) is 0 Å². The molecule has 0 bridgehead atoms. The Labute approximate surface area is 565 Å². The Morgan fingerprint density at radius 1 is 0.250 bits per heavy atom. The van der Waals surface area contributed by atoms with Crippen molar-refractivity contribution in [3.05, 3.63) is 313 Å². The number of halogens is 9. The molecule has 0 saturated heterocycles. The molecule has 0 atom stereocenters. The number of rotatable bonds is 10. The molecule has 0 unspecified atom stereocenters. The van der Waals surface area contributed by atoms with E-state index in [-0.39, 0.29) is 11.6 Å². The zero-order valence-corrected chi connectivity index (χ0v) is 52.8. The Bertz CT molecular complexity index is 5800. The van der Waals surface area contributed by atoms with Crippen molar-refractivity contribution in [2.24, 2.45) is 0 Å². The Morgan fingerprint density at radius 3 is 1.03 bits per heavy atom. The molecular formula is C85H51F9N6. The SMILES string of the molecule is Cc1cc(C(F)(F)F)ccc1-c1ccc2c(c1)c1cc(-c3ccc(C(F)(F)F)cc3C(F)(F)F)ccc1n2-c1c(-c2cccc(-n3c4ccccc4c4ccccc43)c2)cc(-c2nc(-c3ccccc3)nc(-c3ccccc3)n2)cc1-c1cccc(-n2c3ccccc3c3ccccc32)c1. The van der Waals surface area contributed by atoms with Crippen molar-refractivity contribution in [1.82, 2.24) is 28.7 Å². The smallest absolute Gasteiger partial charge is 0.309 e. The van der Waals surface area contributed by atoms with Crippen LogP contribution < -0.4 is 0 Å². The molecule has 4 aromatic heterocycles. The molecule has 0 radical (unpaired) electrons. The maximum atomic E-state index is 15.3. The summed E-state index contributed by atoms with van der Waals surface area (Å²) in [4.78, 5) is 15.7. The molecule has 0 fully saturated rings. The van der Waals surface area contributed by atoms with E-state index in [1.54, 1.807) is 19.1 Å². The molecule has 6 nitrogen and oxygen atoms in total. The van der Waals surface area contributed by atoms with Gasteiger partial charge in [-0.05, 0) is 155 Å². The van der Waals surface area contributed by atoms with E-state index in [9.17, 15) is 26.3 Å². The third-order valence-electron chi connectivity index (χ3n) is 18.9. The fraction of sp³-hybridized carbons (Fsp3) is 0.0471. The molecule has 4 heterocycles. The van der Waals surface area contributed by atoms with Gasteiger partial charge in [0.15, 0.2) is 17.5 Å². The number of aryl methyl sites for hydroxylation is 1. The van der Waals surface area contributed by atoms with Gasteiger partial charge in [0.05, 0.1) is 55.5 Å². The van der Waals surface area contributed by atoms with E-state index >= 15 is 13.2 Å². The van der Waals surface area contributed by atoms with Crippen LogP contribution in [0, 0.1) is 6.92 Å². The van der Waals surface area contributed by atoms with E-state index in [1.807, 2.05) is 164 Å². The first kappa shape index (κ1) is 61.2. The molecule has 0 aliphatic rings. The first-order valence-corrected chi connectivity index (χ1v) is 32.2. The van der Waals surface area contributed by atoms with Gasteiger partial charge in [-0.25, -0.2) is 15.0 Å². The van der Waals surface area contributed by atoms with Crippen LogP contribution in [0.15, 0.2) is 291 Å². The summed E-state index contributed by atoms with van der Waals surface area (Å²) in [6.45, 7) is 1.58. The summed E-state index contributed by atoms with van der Waals surface area (Å²) in [7, 11) is 0. The number of alkyl halides is 9. The van der Waals surface area contributed by atoms with Gasteiger partial charge in [-0.3, -0.25) is 0 Å². The van der Waals surface area contributed by atoms with Gasteiger partial charge in [-0.2, -0.15) is 39.5 Å². The van der Waals surface area contributed by atoms with Crippen LogP contribution in [0.5, 0.6) is 0 Å². The van der Waals surface area contributed by atoms with Crippen LogP contribution in [0.25, 0.3) is 161 Å². The summed E-state index contributed by atoms with van der Waals surface area (Å²) in [6.07, 6.45) is -14.9. The number of nitrogens with zero attached hydrogens (tertiary/aromatic N) is 6. The highest BCUT2D eigenvalue weighted by Crippen LogP contribution is 2.49. The van der Waals surface area contributed by atoms with Gasteiger partial charge in [0.2, 0.25) is 0 Å². The molecule has 0 spiro atoms. The molecule has 100 heavy (non-hydrogen) atoms. The molecule has 0 aliphatic carbocycles. The number of fused-ring (bicyclic) bond motifs is 9. The summed E-state index contributed by atoms with van der Waals surface area (Å²) in [5.41, 5.74) is 8.87. The average Bonchev–Trinajstić information content (AvgIpc) is 1.51. The molecule has 0 saturated carbocycles. The highest BCUT2D eigenvalue weighted by atomic mass is 19.4. The fourth-order valence-electron chi connectivity index (χ4n) is 14.4. The Balaban J connectivity index is 1.02. The van der Waals surface area contributed by atoms with Crippen LogP contribution in [0.2, 0.25) is 0 Å². The molecule has 0 N–H and O–H groups in total. The van der Waals surface area contributed by atoms with Crippen molar-refractivity contribution in [2.45, 2.75) is 25.5 Å². The second-order valence-electron chi connectivity index (χ2n) is 24.9. The summed E-state index contributed by atoms with van der Waals surface area (Å²) in [5.74, 6) is 1.16. The van der Waals surface area contributed by atoms with Crippen LogP contribution in [-0.2, 0) is 18.5 Å². The zero-order chi connectivity index (χ0) is 68.3. The highest BCUT2D eigenvalue weighted by molar-refractivity contribution is 6.14. The number of hydrogen-bond donors (Lipinski definition) is 0. The van der Waals surface area contributed by atoms with Crippen molar-refractivity contribution in [2.75, 3.05) is 0 Å². The summed E-state index contributed by atoms with van der Waals surface area (Å²) >= 11 is 0. The number of para-hydroxylation sites is 4. The first-order chi connectivity index (χ1) is 48.4. The molecule has 15 heteroatoms. The summed E-state index contributed by atoms with van der Waals surface area (Å²) < 4.78 is 138. The quantitative estimate of drug-likeness (QED) is 0.128. The maximum absolute atomic E-state index is 15.3. The monoisotopic (exact) mass is 1330 g/mol. The third kappa shape index (κ3) is 10.5. The maximum Gasteiger partial charge on any atom is 0.417 e. The summed E-state index contributed by atoms with van der Waals surface area (Å²) in [6, 6.07) is 87.8. The lowest BCUT2D eigenvalue weighted by atomic mass is 9.91. The third-order valence-corrected chi connectivity index (χ3v) is 18.9. The van der Waals surface area contributed by atoms with Gasteiger partial charge in [-0.15, -0.1) is 0 Å². The van der Waals surface area contributed by atoms with E-state index in [2.05, 4.69) is 86.5 Å². The van der Waals surface area contributed by atoms with Crippen LogP contribution in [0.1, 0.15) is 22.3 Å². The van der Waals surface area contributed by atoms with Gasteiger partial charge >= 0.3 is 18.5 Å². The minimum Gasteiger partial charge on any atom is -0.309 e. The molecule has 484 valence electrons. The minimum atomic E-state index is -5.22. The van der Waals surface area contributed by atoms with Crippen LogP contribution in [0.3, 0.4) is 0 Å². The first-order valence-electron chi connectivity index (χ1n) is 32.2. The van der Waals surface area contributed by atoms with Gasteiger partial charge in [0.1, 0.15) is 0 Å². The number of benzene rings is 13. The lowest BCUT2D eigenvalue weighted by molar-refractivity contribution is -0.143. The van der Waals surface area contributed by atoms with Crippen LogP contribution in [0.4, 0.5) is 39.5 Å². The Hall–Kier alpha value is -12.4. The van der Waals surface area contributed by atoms with E-state index in [0.717, 1.165) is 95.4 Å². The van der Waals surface area contributed by atoms with E-state index in [0.29, 0.717) is 84.4 Å². The van der Waals surface area contributed by atoms with Gasteiger partial charge in [-0.1, -0.05) is 182 Å². The molecule has 0 amide bonds. The minimum absolute atomic E-state index is 0.0319. The molecule has 17 aromatic rings. The normalized spacial score (nSPS) is 12.3. The van der Waals surface area contributed by atoms with E-state index < -0.39 is 40.8 Å². The second kappa shape index (κ2) is 23.4. The average molecular weight is 1330 g/mol. The van der Waals surface area contributed by atoms with Gasteiger partial charge < -0.3 is 13.7 Å². The predicted octanol–water partition coefficient (Wildman–Crippen LogP) is 24.2. The highest BCUT2D eigenvalue weighted by Gasteiger charge is 2.39. The van der Waals surface area contributed by atoms with Crippen molar-refractivity contribution < 1.29 is 39.5 Å². The topological polar surface area (TPSA) is 53.5 Å². The van der Waals surface area contributed by atoms with Crippen molar-refractivity contribution in [3.8, 4) is 95.7 Å². The summed E-state index contributed by atoms with van der Waals surface area (Å²) in [5, 5.41) is 5.05. The molecule has 17 rings (SSSR count).